The van der Waals surface area contributed by atoms with Crippen molar-refractivity contribution in [3.8, 4) is 17.6 Å². The minimum Gasteiger partial charge on any atom is -0.433 e. The number of anilines is 2. The zero-order valence-corrected chi connectivity index (χ0v) is 25.7. The maximum atomic E-state index is 14.7. The van der Waals surface area contributed by atoms with Gasteiger partial charge in [0.2, 0.25) is 0 Å². The van der Waals surface area contributed by atoms with E-state index in [0.717, 1.165) is 11.3 Å². The van der Waals surface area contributed by atoms with Crippen LogP contribution in [0.25, 0.3) is 10.1 Å². The van der Waals surface area contributed by atoms with Crippen molar-refractivity contribution >= 4 is 45.2 Å². The van der Waals surface area contributed by atoms with Gasteiger partial charge < -0.3 is 24.8 Å². The standard InChI is InChI=1S/C30H34F6N3O2PS/c1-4-42(40,5-2)19-11-12-24(26(16-19)41-29(32)33)37-14-7-10-27-21(17-30(34,35)36)20-8-6-9-25(28(20)43-27)38-23-13-15-39(3)18-22(23)31/h6,8-9,11-12,16,22-23,29,37-38H,4-5,13-15,17-18H2,1-3H3/t22-,23?/m0/s1. The molecule has 2 atom stereocenters. The van der Waals surface area contributed by atoms with Crippen LogP contribution in [0.5, 0.6) is 5.75 Å². The van der Waals surface area contributed by atoms with E-state index in [1.165, 1.54) is 12.1 Å². The molecule has 0 amide bonds. The Morgan fingerprint density at radius 3 is 2.56 bits per heavy atom. The van der Waals surface area contributed by atoms with Crippen LogP contribution >= 0.6 is 18.5 Å². The monoisotopic (exact) mass is 645 g/mol. The van der Waals surface area contributed by atoms with Gasteiger partial charge in [0.05, 0.1) is 40.0 Å². The van der Waals surface area contributed by atoms with Gasteiger partial charge in [-0.3, -0.25) is 0 Å². The first-order valence-corrected chi connectivity index (χ1v) is 16.8. The maximum Gasteiger partial charge on any atom is 0.393 e. The molecule has 2 N–H and O–H groups in total. The Morgan fingerprint density at radius 2 is 1.91 bits per heavy atom. The van der Waals surface area contributed by atoms with E-state index in [9.17, 15) is 30.9 Å². The Bertz CT molecular complexity index is 1530. The van der Waals surface area contributed by atoms with Crippen LogP contribution in [0.3, 0.4) is 0 Å². The number of piperidine rings is 1. The number of benzene rings is 2. The Labute approximate surface area is 251 Å². The number of nitrogens with zero attached hydrogens (tertiary/aromatic N) is 1. The van der Waals surface area contributed by atoms with Gasteiger partial charge in [-0.25, -0.2) is 4.39 Å². The molecular weight excluding hydrogens is 611 g/mol. The lowest BCUT2D eigenvalue weighted by molar-refractivity contribution is -0.126. The third-order valence-electron chi connectivity index (χ3n) is 7.52. The highest BCUT2D eigenvalue weighted by Gasteiger charge is 2.32. The van der Waals surface area contributed by atoms with Gasteiger partial charge in [0.15, 0.2) is 0 Å². The molecule has 0 radical (unpaired) electrons. The Morgan fingerprint density at radius 1 is 1.16 bits per heavy atom. The van der Waals surface area contributed by atoms with Crippen LogP contribution < -0.4 is 20.7 Å². The number of ether oxygens (including phenoxy) is 1. The van der Waals surface area contributed by atoms with Crippen LogP contribution in [0, 0.1) is 11.8 Å². The van der Waals surface area contributed by atoms with Gasteiger partial charge in [0, 0.05) is 30.7 Å². The quantitative estimate of drug-likeness (QED) is 0.136. The van der Waals surface area contributed by atoms with Crippen LogP contribution in [0.15, 0.2) is 36.4 Å². The van der Waals surface area contributed by atoms with Crippen molar-refractivity contribution in [2.45, 2.75) is 51.7 Å². The van der Waals surface area contributed by atoms with E-state index in [1.807, 2.05) is 11.9 Å². The van der Waals surface area contributed by atoms with Crippen molar-refractivity contribution < 1.29 is 35.6 Å². The summed E-state index contributed by atoms with van der Waals surface area (Å²) in [6.45, 7) is 1.31. The molecule has 4 rings (SSSR count). The maximum absolute atomic E-state index is 14.7. The van der Waals surface area contributed by atoms with Crippen molar-refractivity contribution in [2.75, 3.05) is 49.6 Å². The Balaban J connectivity index is 1.61. The van der Waals surface area contributed by atoms with Crippen molar-refractivity contribution in [3.63, 3.8) is 0 Å². The number of hydrogen-bond donors (Lipinski definition) is 2. The molecule has 3 aromatic rings. The van der Waals surface area contributed by atoms with Gasteiger partial charge in [-0.15, -0.1) is 11.3 Å². The Hall–Kier alpha value is -2.87. The van der Waals surface area contributed by atoms with E-state index in [4.69, 9.17) is 0 Å². The fourth-order valence-electron chi connectivity index (χ4n) is 5.14. The van der Waals surface area contributed by atoms with E-state index in [2.05, 4.69) is 27.2 Å². The molecule has 1 aliphatic rings. The zero-order valence-electron chi connectivity index (χ0n) is 24.0. The van der Waals surface area contributed by atoms with Crippen molar-refractivity contribution in [3.05, 3.63) is 46.8 Å². The molecule has 13 heteroatoms. The van der Waals surface area contributed by atoms with E-state index in [-0.39, 0.29) is 35.0 Å². The lowest BCUT2D eigenvalue weighted by atomic mass is 10.0. The first-order valence-electron chi connectivity index (χ1n) is 13.9. The predicted octanol–water partition coefficient (Wildman–Crippen LogP) is 7.55. The highest BCUT2D eigenvalue weighted by molar-refractivity contribution is 7.71. The molecule has 0 bridgehead atoms. The summed E-state index contributed by atoms with van der Waals surface area (Å²) in [5, 5.41) is 6.91. The van der Waals surface area contributed by atoms with Crippen molar-refractivity contribution in [1.82, 2.24) is 4.90 Å². The van der Waals surface area contributed by atoms with Crippen LogP contribution in [0.2, 0.25) is 0 Å². The normalized spacial score (nSPS) is 18.0. The number of halogens is 6. The van der Waals surface area contributed by atoms with Crippen LogP contribution in [-0.4, -0.2) is 68.9 Å². The average molecular weight is 646 g/mol. The largest absolute Gasteiger partial charge is 0.433 e. The summed E-state index contributed by atoms with van der Waals surface area (Å²) >= 11 is 1.10. The van der Waals surface area contributed by atoms with Gasteiger partial charge >= 0.3 is 12.8 Å². The average Bonchev–Trinajstić information content (AvgIpc) is 3.29. The third kappa shape index (κ3) is 8.20. The number of thiophene rings is 1. The second-order valence-corrected chi connectivity index (χ2v) is 15.0. The van der Waals surface area contributed by atoms with Gasteiger partial charge in [-0.2, -0.15) is 22.0 Å². The van der Waals surface area contributed by atoms with Crippen LogP contribution in [0.4, 0.5) is 37.7 Å². The predicted molar refractivity (Wildman–Crippen MR) is 163 cm³/mol. The molecule has 0 saturated carbocycles. The molecule has 0 aliphatic carbocycles. The number of hydrogen-bond acceptors (Lipinski definition) is 6. The van der Waals surface area contributed by atoms with E-state index in [0.29, 0.717) is 46.4 Å². The first kappa shape index (κ1) is 33.0. The number of fused-ring (bicyclic) bond motifs is 1. The Kier molecular flexibility index (Phi) is 10.6. The lowest BCUT2D eigenvalue weighted by Gasteiger charge is -2.33. The molecule has 1 unspecified atom stereocenters. The summed E-state index contributed by atoms with van der Waals surface area (Å²) in [6.07, 6.45) is -5.50. The van der Waals surface area contributed by atoms with Crippen molar-refractivity contribution in [1.29, 1.82) is 0 Å². The first-order chi connectivity index (χ1) is 20.3. The third-order valence-corrected chi connectivity index (χ3v) is 12.0. The van der Waals surface area contributed by atoms with Gasteiger partial charge in [0.25, 0.3) is 0 Å². The fraction of sp³-hybridized carbons (Fsp3) is 0.467. The summed E-state index contributed by atoms with van der Waals surface area (Å²) in [5.74, 6) is 5.43. The molecule has 234 valence electrons. The number of alkyl halides is 6. The summed E-state index contributed by atoms with van der Waals surface area (Å²) in [4.78, 5) is 2.11. The fourth-order valence-corrected chi connectivity index (χ4v) is 8.18. The van der Waals surface area contributed by atoms with E-state index >= 15 is 0 Å². The minimum absolute atomic E-state index is 0.0322. The number of rotatable bonds is 10. The van der Waals surface area contributed by atoms with Crippen LogP contribution in [-0.2, 0) is 11.0 Å². The summed E-state index contributed by atoms with van der Waals surface area (Å²) in [6, 6.07) is 8.92. The second kappa shape index (κ2) is 13.8. The SMILES string of the molecule is CCP(=O)(CC)c1ccc(NCC#Cc2sc3c(NC4CCN(C)C[C@@H]4F)cccc3c2CC(F)(F)F)c(OC(F)F)c1. The molecule has 2 heterocycles. The molecular formula is C30H34F6N3O2PS. The molecule has 1 fully saturated rings. The van der Waals surface area contributed by atoms with Gasteiger partial charge in [0.1, 0.15) is 19.1 Å². The number of nitrogens with one attached hydrogen (secondary N) is 2. The molecule has 2 aromatic carbocycles. The summed E-state index contributed by atoms with van der Waals surface area (Å²) in [5.41, 5.74) is 0.777. The van der Waals surface area contributed by atoms with E-state index < -0.39 is 38.6 Å². The van der Waals surface area contributed by atoms with Gasteiger partial charge in [-0.1, -0.05) is 37.8 Å². The number of likely N-dealkylation sites (tertiary alicyclic amines) is 1. The summed E-state index contributed by atoms with van der Waals surface area (Å²) < 4.78 is 100. The highest BCUT2D eigenvalue weighted by Crippen LogP contribution is 2.45. The highest BCUT2D eigenvalue weighted by atomic mass is 32.1. The van der Waals surface area contributed by atoms with Crippen LogP contribution in [0.1, 0.15) is 30.7 Å². The lowest BCUT2D eigenvalue weighted by Crippen LogP contribution is -2.46. The molecule has 1 saturated heterocycles. The molecule has 1 aliphatic heterocycles. The second-order valence-electron chi connectivity index (χ2n) is 10.4. The molecule has 5 nitrogen and oxygen atoms in total. The van der Waals surface area contributed by atoms with E-state index in [1.54, 1.807) is 38.1 Å². The molecule has 1 aromatic heterocycles. The van der Waals surface area contributed by atoms with Gasteiger partial charge in [-0.05, 0) is 48.7 Å². The topological polar surface area (TPSA) is 53.6 Å². The van der Waals surface area contributed by atoms with Crippen molar-refractivity contribution in [2.24, 2.45) is 0 Å². The smallest absolute Gasteiger partial charge is 0.393 e. The minimum atomic E-state index is -4.48. The molecule has 0 spiro atoms. The molecule has 43 heavy (non-hydrogen) atoms. The summed E-state index contributed by atoms with van der Waals surface area (Å²) in [7, 11) is -0.917. The zero-order chi connectivity index (χ0) is 31.4.